The number of benzene rings is 1. The molecule has 0 radical (unpaired) electrons. The second-order valence-electron chi connectivity index (χ2n) is 6.54. The molecule has 142 valence electrons. The Labute approximate surface area is 160 Å². The molecule has 2 heterocycles. The second kappa shape index (κ2) is 7.60. The summed E-state index contributed by atoms with van der Waals surface area (Å²) in [5, 5.41) is 3.32. The second-order valence-corrected chi connectivity index (χ2v) is 7.54. The summed E-state index contributed by atoms with van der Waals surface area (Å²) < 4.78 is 14.2. The molecule has 7 heteroatoms. The van der Waals surface area contributed by atoms with Crippen molar-refractivity contribution in [1.82, 2.24) is 9.55 Å². The number of nitrogens with zero attached hydrogens (tertiary/aromatic N) is 2. The van der Waals surface area contributed by atoms with Gasteiger partial charge >= 0.3 is 0 Å². The maximum atomic E-state index is 12.9. The summed E-state index contributed by atoms with van der Waals surface area (Å²) in [5.41, 5.74) is 3.13. The zero-order chi connectivity index (χ0) is 19.7. The highest BCUT2D eigenvalue weighted by Crippen LogP contribution is 2.29. The molecule has 2 aromatic heterocycles. The van der Waals surface area contributed by atoms with E-state index in [4.69, 9.17) is 0 Å². The lowest BCUT2D eigenvalue weighted by Gasteiger charge is -2.09. The minimum atomic E-state index is -0.636. The van der Waals surface area contributed by atoms with E-state index in [-0.39, 0.29) is 18.0 Å². The molecule has 0 fully saturated rings. The number of halogens is 1. The van der Waals surface area contributed by atoms with Gasteiger partial charge in [0.15, 0.2) is 0 Å². The summed E-state index contributed by atoms with van der Waals surface area (Å²) >= 11 is 1.20. The van der Waals surface area contributed by atoms with Crippen molar-refractivity contribution in [2.75, 3.05) is 12.0 Å². The lowest BCUT2D eigenvalue weighted by molar-refractivity contribution is 0.103. The van der Waals surface area contributed by atoms with E-state index in [1.54, 1.807) is 6.92 Å². The molecule has 1 amide bonds. The molecule has 0 unspecified atom stereocenters. The molecule has 0 saturated carbocycles. The van der Waals surface area contributed by atoms with Crippen molar-refractivity contribution in [3.63, 3.8) is 0 Å². The van der Waals surface area contributed by atoms with Gasteiger partial charge in [-0.2, -0.15) is 0 Å². The molecule has 0 aliphatic carbocycles. The predicted octanol–water partition coefficient (Wildman–Crippen LogP) is 4.17. The first-order valence-electron chi connectivity index (χ1n) is 8.84. The average molecular weight is 387 g/mol. The van der Waals surface area contributed by atoms with Crippen LogP contribution in [0.15, 0.2) is 23.0 Å². The number of carbonyl (C=O) groups excluding carboxylic acids is 1. The molecule has 5 nitrogen and oxygen atoms in total. The van der Waals surface area contributed by atoms with E-state index in [2.05, 4.69) is 10.3 Å². The van der Waals surface area contributed by atoms with Gasteiger partial charge in [0.2, 0.25) is 0 Å². The van der Waals surface area contributed by atoms with Gasteiger partial charge in [-0.25, -0.2) is 9.37 Å². The number of anilines is 1. The van der Waals surface area contributed by atoms with Crippen LogP contribution in [0.5, 0.6) is 0 Å². The van der Waals surface area contributed by atoms with Gasteiger partial charge in [-0.05, 0) is 38.0 Å². The van der Waals surface area contributed by atoms with Crippen molar-refractivity contribution in [1.29, 1.82) is 0 Å². The molecule has 0 saturated heterocycles. The quantitative estimate of drug-likeness (QED) is 0.715. The van der Waals surface area contributed by atoms with Gasteiger partial charge in [0.1, 0.15) is 17.3 Å². The number of hydrogen-bond donors (Lipinski definition) is 1. The van der Waals surface area contributed by atoms with E-state index in [9.17, 15) is 14.0 Å². The molecule has 3 aromatic rings. The van der Waals surface area contributed by atoms with Gasteiger partial charge in [-0.3, -0.25) is 14.2 Å². The van der Waals surface area contributed by atoms with Crippen molar-refractivity contribution in [2.45, 2.75) is 40.7 Å². The molecular weight excluding hydrogens is 365 g/mol. The highest BCUT2D eigenvalue weighted by Gasteiger charge is 2.21. The number of rotatable bonds is 5. The smallest absolute Gasteiger partial charge is 0.266 e. The van der Waals surface area contributed by atoms with Crippen LogP contribution in [-0.4, -0.2) is 22.1 Å². The maximum absolute atomic E-state index is 12.9. The van der Waals surface area contributed by atoms with E-state index >= 15 is 0 Å². The predicted molar refractivity (Wildman–Crippen MR) is 108 cm³/mol. The van der Waals surface area contributed by atoms with Crippen LogP contribution in [0.1, 0.15) is 39.1 Å². The van der Waals surface area contributed by atoms with Crippen molar-refractivity contribution in [3.05, 3.63) is 55.9 Å². The molecule has 0 atom stereocenters. The lowest BCUT2D eigenvalue weighted by atomic mass is 10.1. The first kappa shape index (κ1) is 19.2. The number of fused-ring (bicyclic) bond motifs is 1. The zero-order valence-electron chi connectivity index (χ0n) is 15.9. The van der Waals surface area contributed by atoms with E-state index in [1.807, 2.05) is 39.0 Å². The molecule has 27 heavy (non-hydrogen) atoms. The fourth-order valence-electron chi connectivity index (χ4n) is 3.19. The molecule has 1 N–H and O–H groups in total. The summed E-state index contributed by atoms with van der Waals surface area (Å²) in [6.45, 7) is 6.88. The van der Waals surface area contributed by atoms with Crippen LogP contribution in [0.25, 0.3) is 10.2 Å². The van der Waals surface area contributed by atoms with Crippen molar-refractivity contribution >= 4 is 33.1 Å². The number of hydrogen-bond acceptors (Lipinski definition) is 4. The van der Waals surface area contributed by atoms with E-state index in [0.717, 1.165) is 16.8 Å². The number of nitrogens with one attached hydrogen (secondary N) is 1. The van der Waals surface area contributed by atoms with Crippen LogP contribution in [0, 0.1) is 20.8 Å². The van der Waals surface area contributed by atoms with Gasteiger partial charge in [0.05, 0.1) is 16.8 Å². The largest absolute Gasteiger partial charge is 0.321 e. The highest BCUT2D eigenvalue weighted by atomic mass is 32.1. The fourth-order valence-corrected chi connectivity index (χ4v) is 4.28. The van der Waals surface area contributed by atoms with Crippen LogP contribution >= 0.6 is 11.3 Å². The van der Waals surface area contributed by atoms with E-state index in [1.165, 1.54) is 15.9 Å². The molecule has 3 rings (SSSR count). The molecule has 0 aliphatic rings. The third-order valence-corrected chi connectivity index (χ3v) is 5.77. The third kappa shape index (κ3) is 3.51. The van der Waals surface area contributed by atoms with Crippen LogP contribution in [0.2, 0.25) is 0 Å². The van der Waals surface area contributed by atoms with Gasteiger partial charge in [-0.15, -0.1) is 11.3 Å². The molecule has 0 bridgehead atoms. The fraction of sp³-hybridized carbons (Fsp3) is 0.350. The number of alkyl halides is 1. The van der Waals surface area contributed by atoms with Crippen LogP contribution < -0.4 is 10.9 Å². The number of thiophene rings is 1. The van der Waals surface area contributed by atoms with Gasteiger partial charge in [-0.1, -0.05) is 24.6 Å². The third-order valence-electron chi connectivity index (χ3n) is 4.59. The number of aryl methyl sites for hydroxylation is 4. The van der Waals surface area contributed by atoms with Gasteiger partial charge in [0.25, 0.3) is 11.5 Å². The van der Waals surface area contributed by atoms with Gasteiger partial charge in [0, 0.05) is 12.1 Å². The monoisotopic (exact) mass is 387 g/mol. The number of aromatic nitrogens is 2. The Morgan fingerprint density at radius 2 is 2.04 bits per heavy atom. The minimum absolute atomic E-state index is 0.0235. The first-order chi connectivity index (χ1) is 12.9. The number of carbonyl (C=O) groups is 1. The Morgan fingerprint density at radius 3 is 2.67 bits per heavy atom. The molecule has 1 aromatic carbocycles. The SMILES string of the molecule is CCc1nc2sc(C(=O)Nc3ccc(C)cc3C)c(C)c2c(=O)n1CCF. The Bertz CT molecular complexity index is 1090. The van der Waals surface area contributed by atoms with E-state index < -0.39 is 6.67 Å². The van der Waals surface area contributed by atoms with Crippen molar-refractivity contribution < 1.29 is 9.18 Å². The van der Waals surface area contributed by atoms with Crippen LogP contribution in [0.3, 0.4) is 0 Å². The minimum Gasteiger partial charge on any atom is -0.321 e. The normalized spacial score (nSPS) is 11.1. The summed E-state index contributed by atoms with van der Waals surface area (Å²) in [7, 11) is 0. The Hall–Kier alpha value is -2.54. The summed E-state index contributed by atoms with van der Waals surface area (Å²) in [5.74, 6) is 0.268. The van der Waals surface area contributed by atoms with Crippen molar-refractivity contribution in [2.24, 2.45) is 0 Å². The first-order valence-corrected chi connectivity index (χ1v) is 9.66. The summed E-state index contributed by atoms with van der Waals surface area (Å²) in [6, 6.07) is 5.80. The summed E-state index contributed by atoms with van der Waals surface area (Å²) in [6.07, 6.45) is 0.520. The lowest BCUT2D eigenvalue weighted by Crippen LogP contribution is -2.26. The van der Waals surface area contributed by atoms with Crippen LogP contribution in [-0.2, 0) is 13.0 Å². The van der Waals surface area contributed by atoms with Gasteiger partial charge < -0.3 is 5.32 Å². The molecule has 0 aliphatic heterocycles. The molecule has 0 spiro atoms. The molecular formula is C20H22FN3O2S. The zero-order valence-corrected chi connectivity index (χ0v) is 16.7. The van der Waals surface area contributed by atoms with Crippen molar-refractivity contribution in [3.8, 4) is 0 Å². The standard InChI is InChI=1S/C20H22FN3O2S/c1-5-15-23-19-16(20(26)24(15)9-8-21)13(4)17(27-19)18(25)22-14-7-6-11(2)10-12(14)3/h6-7,10H,5,8-9H2,1-4H3,(H,22,25). The Morgan fingerprint density at radius 1 is 1.30 bits per heavy atom. The van der Waals surface area contributed by atoms with E-state index in [0.29, 0.717) is 32.9 Å². The Balaban J connectivity index is 2.07. The number of amides is 1. The maximum Gasteiger partial charge on any atom is 0.266 e. The van der Waals surface area contributed by atoms with Crippen LogP contribution in [0.4, 0.5) is 10.1 Å². The topological polar surface area (TPSA) is 64.0 Å². The Kier molecular flexibility index (Phi) is 5.41. The highest BCUT2D eigenvalue weighted by molar-refractivity contribution is 7.20. The average Bonchev–Trinajstić information content (AvgIpc) is 2.96. The summed E-state index contributed by atoms with van der Waals surface area (Å²) in [4.78, 5) is 31.1.